The number of aliphatic hydroxyl groups excluding tert-OH is 1. The molecule has 1 fully saturated rings. The fraction of sp³-hybridized carbons (Fsp3) is 0.350. The highest BCUT2D eigenvalue weighted by atomic mass is 19.1. The molecule has 8 N–H and O–H groups in total. The molecule has 1 aromatic rings. The molecule has 0 spiro atoms. The second-order valence-electron chi connectivity index (χ2n) is 7.16. The SMILES string of the molecule is CN/C=C(\C=N)c1cc(C(=N)C(=C/ON2CC(N(C)C)[C@H](O)C2)/N=C\N)c(N)cc1F. The summed E-state index contributed by atoms with van der Waals surface area (Å²) in [5.41, 5.74) is 11.9. The second kappa shape index (κ2) is 10.7. The van der Waals surface area contributed by atoms with E-state index in [1.165, 1.54) is 18.5 Å². The number of rotatable bonds is 9. The number of hydrogen-bond donors (Lipinski definition) is 6. The lowest BCUT2D eigenvalue weighted by molar-refractivity contribution is -0.0912. The molecule has 2 atom stereocenters. The number of hydroxylamine groups is 2. The Balaban J connectivity index is 2.34. The molecule has 0 aliphatic carbocycles. The smallest absolute Gasteiger partial charge is 0.139 e. The first-order valence-electron chi connectivity index (χ1n) is 9.50. The number of aliphatic imine (C=N–C) groups is 1. The second-order valence-corrected chi connectivity index (χ2v) is 7.16. The Morgan fingerprint density at radius 2 is 2.10 bits per heavy atom. The molecule has 1 aliphatic rings. The molecule has 31 heavy (non-hydrogen) atoms. The van der Waals surface area contributed by atoms with Crippen LogP contribution >= 0.6 is 0 Å². The van der Waals surface area contributed by atoms with E-state index in [1.807, 2.05) is 19.0 Å². The molecule has 0 aromatic heterocycles. The molecule has 2 rings (SSSR count). The maximum atomic E-state index is 14.4. The summed E-state index contributed by atoms with van der Waals surface area (Å²) in [5, 5.41) is 30.5. The van der Waals surface area contributed by atoms with Crippen LogP contribution in [-0.2, 0) is 4.84 Å². The summed E-state index contributed by atoms with van der Waals surface area (Å²) in [4.78, 5) is 11.5. The summed E-state index contributed by atoms with van der Waals surface area (Å²) in [7, 11) is 5.37. The first-order chi connectivity index (χ1) is 14.7. The van der Waals surface area contributed by atoms with Gasteiger partial charge in [0.25, 0.3) is 0 Å². The number of aliphatic hydroxyl groups is 1. The number of halogens is 1. The number of nitrogens with two attached hydrogens (primary N) is 2. The van der Waals surface area contributed by atoms with Crippen LogP contribution in [0, 0.1) is 16.6 Å². The number of nitrogens with zero attached hydrogens (tertiary/aromatic N) is 3. The molecule has 1 aliphatic heterocycles. The third kappa shape index (κ3) is 5.66. The number of nitrogen functional groups attached to an aromatic ring is 1. The van der Waals surface area contributed by atoms with Gasteiger partial charge in [-0.25, -0.2) is 9.38 Å². The molecule has 1 aromatic carbocycles. The minimum absolute atomic E-state index is 0.0300. The van der Waals surface area contributed by atoms with Gasteiger partial charge in [0.2, 0.25) is 0 Å². The Labute approximate surface area is 180 Å². The average Bonchev–Trinajstić information content (AvgIpc) is 3.10. The predicted octanol–water partition coefficient (Wildman–Crippen LogP) is 0.352. The van der Waals surface area contributed by atoms with Crippen molar-refractivity contribution >= 4 is 29.5 Å². The molecule has 10 nitrogen and oxygen atoms in total. The Morgan fingerprint density at radius 3 is 2.65 bits per heavy atom. The van der Waals surface area contributed by atoms with E-state index in [2.05, 4.69) is 10.3 Å². The van der Waals surface area contributed by atoms with Gasteiger partial charge in [-0.2, -0.15) is 0 Å². The van der Waals surface area contributed by atoms with Gasteiger partial charge >= 0.3 is 0 Å². The van der Waals surface area contributed by atoms with Crippen LogP contribution in [0.3, 0.4) is 0 Å². The third-order valence-electron chi connectivity index (χ3n) is 4.85. The Bertz CT molecular complexity index is 913. The van der Waals surface area contributed by atoms with Crippen LogP contribution in [-0.4, -0.2) is 79.7 Å². The molecule has 11 heteroatoms. The number of hydrogen-bond acceptors (Lipinski definition) is 9. The largest absolute Gasteiger partial charge is 0.411 e. The zero-order valence-corrected chi connectivity index (χ0v) is 17.8. The van der Waals surface area contributed by atoms with Crippen molar-refractivity contribution in [3.63, 3.8) is 0 Å². The van der Waals surface area contributed by atoms with Crippen LogP contribution in [0.2, 0.25) is 0 Å². The fourth-order valence-electron chi connectivity index (χ4n) is 3.20. The van der Waals surface area contributed by atoms with Crippen molar-refractivity contribution in [2.75, 3.05) is 40.0 Å². The topological polar surface area (TPSA) is 160 Å². The van der Waals surface area contributed by atoms with Crippen molar-refractivity contribution in [2.24, 2.45) is 10.7 Å². The maximum Gasteiger partial charge on any atom is 0.139 e. The monoisotopic (exact) mass is 432 g/mol. The summed E-state index contributed by atoms with van der Waals surface area (Å²) in [6.07, 6.45) is 4.12. The van der Waals surface area contributed by atoms with E-state index in [4.69, 9.17) is 27.1 Å². The first-order valence-corrected chi connectivity index (χ1v) is 9.50. The van der Waals surface area contributed by atoms with Gasteiger partial charge in [0.15, 0.2) is 0 Å². The van der Waals surface area contributed by atoms with Crippen LogP contribution < -0.4 is 16.8 Å². The van der Waals surface area contributed by atoms with Crippen LogP contribution in [0.15, 0.2) is 35.3 Å². The standard InChI is InChI=1S/C20H29FN8O2/c1-26-7-12(6-22)13-4-14(16(24)5-15(13)21)20(25)17(27-11-23)10-31-29-8-18(28(2)3)19(30)9-29/h4-7,10-11,18-19,22,25-26,30H,8-9,24H2,1-3H3,(H2,23,27)/b12-7+,17-10-,22-6?,25-20?/t18?,19-/m1/s1. The van der Waals surface area contributed by atoms with E-state index < -0.39 is 11.9 Å². The van der Waals surface area contributed by atoms with E-state index in [-0.39, 0.29) is 46.4 Å². The molecule has 0 amide bonds. The van der Waals surface area contributed by atoms with E-state index in [0.29, 0.717) is 6.54 Å². The van der Waals surface area contributed by atoms with E-state index in [0.717, 1.165) is 18.6 Å². The molecule has 0 saturated carbocycles. The van der Waals surface area contributed by atoms with Crippen molar-refractivity contribution in [2.45, 2.75) is 12.1 Å². The molecular formula is C20H29FN8O2. The lowest BCUT2D eigenvalue weighted by Gasteiger charge is -2.21. The first kappa shape index (κ1) is 24.0. The Hall–Kier alpha value is -3.28. The van der Waals surface area contributed by atoms with Gasteiger partial charge < -0.3 is 37.0 Å². The zero-order valence-electron chi connectivity index (χ0n) is 17.8. The van der Waals surface area contributed by atoms with Crippen LogP contribution in [0.4, 0.5) is 10.1 Å². The van der Waals surface area contributed by atoms with Gasteiger partial charge in [-0.15, -0.1) is 5.06 Å². The summed E-state index contributed by atoms with van der Waals surface area (Å²) < 4.78 is 14.4. The summed E-state index contributed by atoms with van der Waals surface area (Å²) in [5.74, 6) is -0.621. The highest BCUT2D eigenvalue weighted by molar-refractivity contribution is 6.15. The van der Waals surface area contributed by atoms with Crippen LogP contribution in [0.1, 0.15) is 11.1 Å². The maximum absolute atomic E-state index is 14.4. The van der Waals surface area contributed by atoms with Gasteiger partial charge in [0.05, 0.1) is 37.3 Å². The number of anilines is 1. The molecule has 0 radical (unpaired) electrons. The molecule has 1 unspecified atom stereocenters. The molecule has 1 saturated heterocycles. The number of nitrogens with one attached hydrogen (secondary N) is 3. The number of benzene rings is 1. The fourth-order valence-corrected chi connectivity index (χ4v) is 3.20. The van der Waals surface area contributed by atoms with Crippen LogP contribution in [0.25, 0.3) is 5.57 Å². The average molecular weight is 433 g/mol. The van der Waals surface area contributed by atoms with Crippen molar-refractivity contribution in [3.8, 4) is 0 Å². The van der Waals surface area contributed by atoms with Crippen molar-refractivity contribution in [1.82, 2.24) is 15.3 Å². The highest BCUT2D eigenvalue weighted by Crippen LogP contribution is 2.26. The minimum atomic E-state index is -0.621. The van der Waals surface area contributed by atoms with E-state index in [1.54, 1.807) is 12.1 Å². The number of likely N-dealkylation sites (N-methyl/N-ethyl adjacent to an activating group) is 1. The Morgan fingerprint density at radius 1 is 1.39 bits per heavy atom. The van der Waals surface area contributed by atoms with Crippen molar-refractivity contribution in [3.05, 3.63) is 47.2 Å². The predicted molar refractivity (Wildman–Crippen MR) is 120 cm³/mol. The van der Waals surface area contributed by atoms with E-state index in [9.17, 15) is 9.50 Å². The number of β-amino-alcohol motifs (C(OH)–C–C–N with tert-alkyl or cyclic N) is 1. The van der Waals surface area contributed by atoms with Crippen molar-refractivity contribution in [1.29, 1.82) is 10.8 Å². The summed E-state index contributed by atoms with van der Waals surface area (Å²) in [6.45, 7) is 0.741. The summed E-state index contributed by atoms with van der Waals surface area (Å²) >= 11 is 0. The van der Waals surface area contributed by atoms with Gasteiger partial charge in [0, 0.05) is 41.8 Å². The Kier molecular flexibility index (Phi) is 8.25. The third-order valence-corrected chi connectivity index (χ3v) is 4.85. The number of allylic oxidation sites excluding steroid dienone is 2. The van der Waals surface area contributed by atoms with Crippen molar-refractivity contribution < 1.29 is 14.3 Å². The minimum Gasteiger partial charge on any atom is -0.411 e. The quantitative estimate of drug-likeness (QED) is 0.142. The normalized spacial score (nSPS) is 20.5. The van der Waals surface area contributed by atoms with Gasteiger partial charge in [0.1, 0.15) is 17.8 Å². The molecule has 168 valence electrons. The van der Waals surface area contributed by atoms with Gasteiger partial charge in [-0.05, 0) is 26.2 Å². The zero-order chi connectivity index (χ0) is 23.1. The van der Waals surface area contributed by atoms with E-state index >= 15 is 0 Å². The lowest BCUT2D eigenvalue weighted by Crippen LogP contribution is -2.37. The van der Waals surface area contributed by atoms with Gasteiger partial charge in [-0.1, -0.05) is 0 Å². The molecular weight excluding hydrogens is 403 g/mol. The lowest BCUT2D eigenvalue weighted by atomic mass is 9.98. The summed E-state index contributed by atoms with van der Waals surface area (Å²) in [6, 6.07) is 2.38. The molecule has 1 heterocycles. The highest BCUT2D eigenvalue weighted by Gasteiger charge is 2.33. The van der Waals surface area contributed by atoms with Gasteiger partial charge in [-0.3, -0.25) is 5.41 Å². The molecule has 0 bridgehead atoms. The van der Waals surface area contributed by atoms with Crippen LogP contribution in [0.5, 0.6) is 0 Å².